The van der Waals surface area contributed by atoms with Crippen LogP contribution in [0.2, 0.25) is 0 Å². The second-order valence-corrected chi connectivity index (χ2v) is 4.89. The normalized spacial score (nSPS) is 19.6. The fourth-order valence-corrected chi connectivity index (χ4v) is 2.29. The number of pyridine rings is 1. The van der Waals surface area contributed by atoms with Crippen molar-refractivity contribution in [2.75, 3.05) is 18.1 Å². The Morgan fingerprint density at radius 2 is 2.09 bits per heavy atom. The van der Waals surface area contributed by atoms with Crippen LogP contribution in [0.4, 0.5) is 5.82 Å². The van der Waals surface area contributed by atoms with Gasteiger partial charge in [-0.05, 0) is 12.1 Å². The van der Waals surface area contributed by atoms with Crippen LogP contribution in [0.5, 0.6) is 0 Å². The minimum Gasteiger partial charge on any atom is -0.479 e. The number of ether oxygens (including phenoxy) is 1. The first-order valence-corrected chi connectivity index (χ1v) is 6.88. The highest BCUT2D eigenvalue weighted by Gasteiger charge is 2.39. The lowest BCUT2D eigenvalue weighted by molar-refractivity contribution is -0.163. The number of rotatable bonds is 4. The molecule has 0 radical (unpaired) electrons. The SMILES string of the molecule is O=C(O)[C@H](O)C1OCCN(c2ccn(-c3ccncc3)n2)C1=O. The van der Waals surface area contributed by atoms with Crippen LogP contribution in [-0.2, 0) is 14.3 Å². The molecule has 2 aromatic heterocycles. The van der Waals surface area contributed by atoms with E-state index in [1.165, 1.54) is 4.90 Å². The van der Waals surface area contributed by atoms with Crippen LogP contribution >= 0.6 is 0 Å². The molecular weight excluding hydrogens is 304 g/mol. The number of hydrogen-bond donors (Lipinski definition) is 2. The summed E-state index contributed by atoms with van der Waals surface area (Å²) in [5, 5.41) is 22.7. The first-order chi connectivity index (χ1) is 11.1. The van der Waals surface area contributed by atoms with E-state index in [1.54, 1.807) is 41.5 Å². The molecule has 1 aliphatic heterocycles. The van der Waals surface area contributed by atoms with Gasteiger partial charge in [0.2, 0.25) is 0 Å². The summed E-state index contributed by atoms with van der Waals surface area (Å²) in [6.07, 6.45) is 1.57. The van der Waals surface area contributed by atoms with Crippen molar-refractivity contribution in [3.05, 3.63) is 36.8 Å². The van der Waals surface area contributed by atoms with E-state index in [0.717, 1.165) is 5.69 Å². The zero-order valence-corrected chi connectivity index (χ0v) is 11.9. The van der Waals surface area contributed by atoms with Crippen LogP contribution in [0, 0.1) is 0 Å². The quantitative estimate of drug-likeness (QED) is 0.776. The molecule has 0 aliphatic carbocycles. The van der Waals surface area contributed by atoms with E-state index in [0.29, 0.717) is 5.82 Å². The molecule has 1 aliphatic rings. The summed E-state index contributed by atoms with van der Waals surface area (Å²) in [5.41, 5.74) is 0.772. The molecule has 3 heterocycles. The van der Waals surface area contributed by atoms with Gasteiger partial charge >= 0.3 is 5.97 Å². The number of aliphatic carboxylic acids is 1. The minimum absolute atomic E-state index is 0.114. The topological polar surface area (TPSA) is 118 Å². The lowest BCUT2D eigenvalue weighted by atomic mass is 10.1. The van der Waals surface area contributed by atoms with Crippen molar-refractivity contribution < 1.29 is 24.5 Å². The number of aromatic nitrogens is 3. The molecule has 120 valence electrons. The molecule has 9 heteroatoms. The smallest absolute Gasteiger partial charge is 0.335 e. The lowest BCUT2D eigenvalue weighted by Gasteiger charge is -2.31. The Balaban J connectivity index is 1.83. The summed E-state index contributed by atoms with van der Waals surface area (Å²) in [4.78, 5) is 28.4. The molecule has 1 unspecified atom stereocenters. The van der Waals surface area contributed by atoms with Crippen molar-refractivity contribution in [2.24, 2.45) is 0 Å². The van der Waals surface area contributed by atoms with E-state index in [-0.39, 0.29) is 13.2 Å². The van der Waals surface area contributed by atoms with Crippen molar-refractivity contribution in [3.63, 3.8) is 0 Å². The third kappa shape index (κ3) is 2.91. The van der Waals surface area contributed by atoms with Gasteiger partial charge in [0.05, 0.1) is 18.8 Å². The number of aliphatic hydroxyl groups is 1. The molecule has 2 atom stereocenters. The predicted octanol–water partition coefficient (Wildman–Crippen LogP) is -0.555. The molecule has 1 saturated heterocycles. The number of nitrogens with zero attached hydrogens (tertiary/aromatic N) is 4. The number of aliphatic hydroxyl groups excluding tert-OH is 1. The van der Waals surface area contributed by atoms with Gasteiger partial charge in [-0.3, -0.25) is 14.7 Å². The number of morpholine rings is 1. The third-order valence-corrected chi connectivity index (χ3v) is 3.44. The highest BCUT2D eigenvalue weighted by molar-refractivity contribution is 5.99. The lowest BCUT2D eigenvalue weighted by Crippen LogP contribution is -2.54. The number of carboxylic acid groups (broad SMARTS) is 1. The highest BCUT2D eigenvalue weighted by Crippen LogP contribution is 2.19. The molecule has 2 aromatic rings. The zero-order chi connectivity index (χ0) is 16.4. The average Bonchev–Trinajstić information content (AvgIpc) is 3.05. The van der Waals surface area contributed by atoms with Crippen LogP contribution in [0.25, 0.3) is 5.69 Å². The van der Waals surface area contributed by atoms with Gasteiger partial charge < -0.3 is 14.9 Å². The summed E-state index contributed by atoms with van der Waals surface area (Å²) < 4.78 is 6.66. The molecule has 3 rings (SSSR count). The Bertz CT molecular complexity index is 717. The average molecular weight is 318 g/mol. The van der Waals surface area contributed by atoms with Crippen LogP contribution in [0.3, 0.4) is 0 Å². The maximum absolute atomic E-state index is 12.3. The van der Waals surface area contributed by atoms with Gasteiger partial charge in [-0.15, -0.1) is 5.10 Å². The van der Waals surface area contributed by atoms with Crippen LogP contribution in [0.15, 0.2) is 36.8 Å². The molecule has 0 bridgehead atoms. The van der Waals surface area contributed by atoms with Gasteiger partial charge in [0.15, 0.2) is 18.0 Å². The molecule has 1 amide bonds. The van der Waals surface area contributed by atoms with Gasteiger partial charge in [0.1, 0.15) is 0 Å². The minimum atomic E-state index is -1.91. The van der Waals surface area contributed by atoms with E-state index in [4.69, 9.17) is 9.84 Å². The van der Waals surface area contributed by atoms with Crippen molar-refractivity contribution in [3.8, 4) is 5.69 Å². The predicted molar refractivity (Wildman–Crippen MR) is 77.1 cm³/mol. The van der Waals surface area contributed by atoms with E-state index < -0.39 is 24.1 Å². The van der Waals surface area contributed by atoms with Gasteiger partial charge in [0.25, 0.3) is 5.91 Å². The van der Waals surface area contributed by atoms with Crippen molar-refractivity contribution in [2.45, 2.75) is 12.2 Å². The van der Waals surface area contributed by atoms with E-state index in [2.05, 4.69) is 10.1 Å². The van der Waals surface area contributed by atoms with Crippen LogP contribution < -0.4 is 4.90 Å². The Kier molecular flexibility index (Phi) is 4.04. The number of carboxylic acids is 1. The van der Waals surface area contributed by atoms with Gasteiger partial charge in [0, 0.05) is 24.7 Å². The number of amides is 1. The number of anilines is 1. The van der Waals surface area contributed by atoms with E-state index in [9.17, 15) is 14.7 Å². The van der Waals surface area contributed by atoms with E-state index >= 15 is 0 Å². The monoisotopic (exact) mass is 318 g/mol. The molecule has 2 N–H and O–H groups in total. The largest absolute Gasteiger partial charge is 0.479 e. The van der Waals surface area contributed by atoms with Crippen LogP contribution in [-0.4, -0.2) is 62.2 Å². The third-order valence-electron chi connectivity index (χ3n) is 3.44. The first-order valence-electron chi connectivity index (χ1n) is 6.88. The first kappa shape index (κ1) is 15.1. The van der Waals surface area contributed by atoms with Crippen molar-refractivity contribution >= 4 is 17.7 Å². The molecule has 0 saturated carbocycles. The maximum atomic E-state index is 12.3. The van der Waals surface area contributed by atoms with Gasteiger partial charge in [-0.1, -0.05) is 0 Å². The molecule has 9 nitrogen and oxygen atoms in total. The number of hydrogen-bond acceptors (Lipinski definition) is 6. The summed E-state index contributed by atoms with van der Waals surface area (Å²) in [5.74, 6) is -1.78. The standard InChI is InChI=1S/C14H14N4O5/c19-11(14(21)22)12-13(20)17(7-8-23-12)10-3-6-18(16-10)9-1-4-15-5-2-9/h1-6,11-12,19H,7-8H2,(H,21,22)/t11-,12?/m1/s1. The molecule has 0 spiro atoms. The Hall–Kier alpha value is -2.78. The van der Waals surface area contributed by atoms with Gasteiger partial charge in [-0.2, -0.15) is 0 Å². The molecule has 0 aromatic carbocycles. The second-order valence-electron chi connectivity index (χ2n) is 4.89. The highest BCUT2D eigenvalue weighted by atomic mass is 16.5. The summed E-state index contributed by atoms with van der Waals surface area (Å²) in [6.45, 7) is 0.345. The van der Waals surface area contributed by atoms with Crippen molar-refractivity contribution in [1.29, 1.82) is 0 Å². The Labute approximate surface area is 130 Å². The molecule has 1 fully saturated rings. The van der Waals surface area contributed by atoms with Gasteiger partial charge in [-0.25, -0.2) is 9.48 Å². The maximum Gasteiger partial charge on any atom is 0.335 e. The number of carbonyl (C=O) groups is 2. The fraction of sp³-hybridized carbons (Fsp3) is 0.286. The zero-order valence-electron chi connectivity index (χ0n) is 11.9. The second kappa shape index (κ2) is 6.15. The Morgan fingerprint density at radius 3 is 2.78 bits per heavy atom. The fourth-order valence-electron chi connectivity index (χ4n) is 2.29. The molecule has 23 heavy (non-hydrogen) atoms. The Morgan fingerprint density at radius 1 is 1.35 bits per heavy atom. The molecular formula is C14H14N4O5. The number of carbonyl (C=O) groups excluding carboxylic acids is 1. The summed E-state index contributed by atoms with van der Waals surface area (Å²) >= 11 is 0. The van der Waals surface area contributed by atoms with Crippen LogP contribution in [0.1, 0.15) is 0 Å². The van der Waals surface area contributed by atoms with Crippen molar-refractivity contribution in [1.82, 2.24) is 14.8 Å². The van der Waals surface area contributed by atoms with E-state index in [1.807, 2.05) is 0 Å². The summed E-state index contributed by atoms with van der Waals surface area (Å²) in [7, 11) is 0. The summed E-state index contributed by atoms with van der Waals surface area (Å²) in [6, 6.07) is 5.15.